The van der Waals surface area contributed by atoms with Crippen LogP contribution in [0.25, 0.3) is 0 Å². The molecule has 1 aromatic carbocycles. The molecule has 0 fully saturated rings. The van der Waals surface area contributed by atoms with Crippen molar-refractivity contribution in [2.24, 2.45) is 5.92 Å². The first-order valence-electron chi connectivity index (χ1n) is 4.45. The predicted molar refractivity (Wildman–Crippen MR) is 54.1 cm³/mol. The van der Waals surface area contributed by atoms with E-state index in [0.717, 1.165) is 12.1 Å². The number of benzene rings is 1. The van der Waals surface area contributed by atoms with Gasteiger partial charge in [-0.25, -0.2) is 0 Å². The van der Waals surface area contributed by atoms with E-state index >= 15 is 0 Å². The van der Waals surface area contributed by atoms with E-state index in [2.05, 4.69) is 39.0 Å². The lowest BCUT2D eigenvalue weighted by molar-refractivity contribution is 0.648. The molecular weight excluding hydrogens is 146 g/mol. The summed E-state index contributed by atoms with van der Waals surface area (Å²) in [4.78, 5) is 0. The lowest BCUT2D eigenvalue weighted by Crippen LogP contribution is -2.00. The SMILES string of the molecule is Cc1cccc(CC(C)C)c1N. The lowest BCUT2D eigenvalue weighted by Gasteiger charge is -2.09. The molecule has 0 aromatic heterocycles. The second-order valence-corrected chi connectivity index (χ2v) is 3.75. The average molecular weight is 163 g/mol. The number of hydrogen-bond acceptors (Lipinski definition) is 1. The van der Waals surface area contributed by atoms with E-state index in [4.69, 9.17) is 5.73 Å². The van der Waals surface area contributed by atoms with Crippen molar-refractivity contribution in [1.82, 2.24) is 0 Å². The zero-order valence-electron chi connectivity index (χ0n) is 8.09. The Morgan fingerprint density at radius 1 is 1.33 bits per heavy atom. The highest BCUT2D eigenvalue weighted by Gasteiger charge is 2.02. The molecule has 12 heavy (non-hydrogen) atoms. The summed E-state index contributed by atoms with van der Waals surface area (Å²) in [5, 5.41) is 0. The third kappa shape index (κ3) is 2.00. The molecule has 0 saturated heterocycles. The van der Waals surface area contributed by atoms with Crippen LogP contribution in [0.4, 0.5) is 5.69 Å². The zero-order valence-corrected chi connectivity index (χ0v) is 8.09. The summed E-state index contributed by atoms with van der Waals surface area (Å²) in [5.74, 6) is 0.675. The van der Waals surface area contributed by atoms with Crippen molar-refractivity contribution in [3.8, 4) is 0 Å². The van der Waals surface area contributed by atoms with Gasteiger partial charge in [0.25, 0.3) is 0 Å². The Labute approximate surface area is 74.6 Å². The summed E-state index contributed by atoms with van der Waals surface area (Å²) in [5.41, 5.74) is 9.37. The van der Waals surface area contributed by atoms with E-state index in [9.17, 15) is 0 Å². The maximum atomic E-state index is 5.93. The van der Waals surface area contributed by atoms with Crippen LogP contribution >= 0.6 is 0 Å². The van der Waals surface area contributed by atoms with Gasteiger partial charge >= 0.3 is 0 Å². The van der Waals surface area contributed by atoms with Crippen molar-refractivity contribution >= 4 is 5.69 Å². The van der Waals surface area contributed by atoms with Gasteiger partial charge in [-0.05, 0) is 30.4 Å². The van der Waals surface area contributed by atoms with Crippen molar-refractivity contribution < 1.29 is 0 Å². The average Bonchev–Trinajstić information content (AvgIpc) is 1.98. The minimum atomic E-state index is 0.675. The van der Waals surface area contributed by atoms with Crippen LogP contribution in [-0.4, -0.2) is 0 Å². The Balaban J connectivity index is 2.92. The van der Waals surface area contributed by atoms with Crippen molar-refractivity contribution in [3.63, 3.8) is 0 Å². The van der Waals surface area contributed by atoms with E-state index in [1.807, 2.05) is 0 Å². The molecule has 1 aromatic rings. The molecule has 0 aliphatic rings. The molecule has 0 spiro atoms. The van der Waals surface area contributed by atoms with E-state index in [0.29, 0.717) is 5.92 Å². The van der Waals surface area contributed by atoms with Crippen LogP contribution in [0, 0.1) is 12.8 Å². The van der Waals surface area contributed by atoms with Crippen molar-refractivity contribution in [3.05, 3.63) is 29.3 Å². The normalized spacial score (nSPS) is 10.7. The molecule has 0 aliphatic carbocycles. The lowest BCUT2D eigenvalue weighted by atomic mass is 9.99. The highest BCUT2D eigenvalue weighted by Crippen LogP contribution is 2.19. The summed E-state index contributed by atoms with van der Waals surface area (Å²) in [6.45, 7) is 6.47. The smallest absolute Gasteiger partial charge is 0.0376 e. The minimum absolute atomic E-state index is 0.675. The van der Waals surface area contributed by atoms with Crippen molar-refractivity contribution in [1.29, 1.82) is 0 Å². The summed E-state index contributed by atoms with van der Waals surface area (Å²) in [6.07, 6.45) is 1.08. The Morgan fingerprint density at radius 2 is 2.00 bits per heavy atom. The molecule has 0 bridgehead atoms. The number of nitrogens with two attached hydrogens (primary N) is 1. The van der Waals surface area contributed by atoms with E-state index in [1.165, 1.54) is 11.1 Å². The van der Waals surface area contributed by atoms with Crippen molar-refractivity contribution in [2.45, 2.75) is 27.2 Å². The molecule has 0 unspecified atom stereocenters. The van der Waals surface area contributed by atoms with Gasteiger partial charge < -0.3 is 5.73 Å². The minimum Gasteiger partial charge on any atom is -0.398 e. The van der Waals surface area contributed by atoms with E-state index < -0.39 is 0 Å². The molecule has 0 aliphatic heterocycles. The van der Waals surface area contributed by atoms with Crippen LogP contribution in [0.1, 0.15) is 25.0 Å². The van der Waals surface area contributed by atoms with Crippen LogP contribution < -0.4 is 5.73 Å². The second-order valence-electron chi connectivity index (χ2n) is 3.75. The monoisotopic (exact) mass is 163 g/mol. The number of nitrogen functional groups attached to an aromatic ring is 1. The fourth-order valence-electron chi connectivity index (χ4n) is 1.36. The number of para-hydroxylation sites is 1. The molecule has 2 N–H and O–H groups in total. The third-order valence-corrected chi connectivity index (χ3v) is 2.04. The molecule has 0 heterocycles. The highest BCUT2D eigenvalue weighted by molar-refractivity contribution is 5.53. The fourth-order valence-corrected chi connectivity index (χ4v) is 1.36. The Hall–Kier alpha value is -0.980. The largest absolute Gasteiger partial charge is 0.398 e. The summed E-state index contributed by atoms with van der Waals surface area (Å²) >= 11 is 0. The predicted octanol–water partition coefficient (Wildman–Crippen LogP) is 2.78. The number of anilines is 1. The molecular formula is C11H17N. The van der Waals surface area contributed by atoms with E-state index in [1.54, 1.807) is 0 Å². The molecule has 1 rings (SSSR count). The quantitative estimate of drug-likeness (QED) is 0.666. The van der Waals surface area contributed by atoms with Crippen LogP contribution in [0.2, 0.25) is 0 Å². The number of hydrogen-bond donors (Lipinski definition) is 1. The standard InChI is InChI=1S/C11H17N/c1-8(2)7-10-6-4-5-9(3)11(10)12/h4-6,8H,7,12H2,1-3H3. The van der Waals surface area contributed by atoms with Crippen LogP contribution in [0.3, 0.4) is 0 Å². The van der Waals surface area contributed by atoms with Gasteiger partial charge in [0.15, 0.2) is 0 Å². The molecule has 0 atom stereocenters. The maximum Gasteiger partial charge on any atom is 0.0376 e. The third-order valence-electron chi connectivity index (χ3n) is 2.04. The summed E-state index contributed by atoms with van der Waals surface area (Å²) < 4.78 is 0. The van der Waals surface area contributed by atoms with Gasteiger partial charge in [0, 0.05) is 5.69 Å². The topological polar surface area (TPSA) is 26.0 Å². The number of rotatable bonds is 2. The molecule has 66 valence electrons. The Bertz CT molecular complexity index is 264. The zero-order chi connectivity index (χ0) is 9.14. The first-order chi connectivity index (χ1) is 5.61. The molecule has 0 radical (unpaired) electrons. The van der Waals surface area contributed by atoms with Gasteiger partial charge in [0.1, 0.15) is 0 Å². The van der Waals surface area contributed by atoms with Gasteiger partial charge in [-0.3, -0.25) is 0 Å². The summed E-state index contributed by atoms with van der Waals surface area (Å²) in [7, 11) is 0. The fraction of sp³-hybridized carbons (Fsp3) is 0.455. The number of aryl methyl sites for hydroxylation is 1. The van der Waals surface area contributed by atoms with Crippen molar-refractivity contribution in [2.75, 3.05) is 5.73 Å². The van der Waals surface area contributed by atoms with E-state index in [-0.39, 0.29) is 0 Å². The summed E-state index contributed by atoms with van der Waals surface area (Å²) in [6, 6.07) is 6.24. The van der Waals surface area contributed by atoms with Gasteiger partial charge in [0.2, 0.25) is 0 Å². The molecule has 1 heteroatoms. The van der Waals surface area contributed by atoms with Gasteiger partial charge in [-0.1, -0.05) is 32.0 Å². The Kier molecular flexibility index (Phi) is 2.74. The first kappa shape index (κ1) is 9.11. The second kappa shape index (κ2) is 3.61. The maximum absolute atomic E-state index is 5.93. The molecule has 0 amide bonds. The molecule has 1 nitrogen and oxygen atoms in total. The Morgan fingerprint density at radius 3 is 2.58 bits per heavy atom. The van der Waals surface area contributed by atoms with Crippen LogP contribution in [0.5, 0.6) is 0 Å². The highest BCUT2D eigenvalue weighted by atomic mass is 14.6. The first-order valence-corrected chi connectivity index (χ1v) is 4.45. The van der Waals surface area contributed by atoms with Gasteiger partial charge in [0.05, 0.1) is 0 Å². The van der Waals surface area contributed by atoms with Gasteiger partial charge in [-0.2, -0.15) is 0 Å². The molecule has 0 saturated carbocycles. The van der Waals surface area contributed by atoms with Gasteiger partial charge in [-0.15, -0.1) is 0 Å². The van der Waals surface area contributed by atoms with Crippen LogP contribution in [0.15, 0.2) is 18.2 Å². The van der Waals surface area contributed by atoms with Crippen LogP contribution in [-0.2, 0) is 6.42 Å².